The van der Waals surface area contributed by atoms with E-state index in [1.807, 2.05) is 6.07 Å². The lowest BCUT2D eigenvalue weighted by Crippen LogP contribution is -2.55. The van der Waals surface area contributed by atoms with E-state index in [2.05, 4.69) is 0 Å². The van der Waals surface area contributed by atoms with Crippen LogP contribution in [0, 0.1) is 11.3 Å². The molecular formula is C14H16N2O3. The molecule has 19 heavy (non-hydrogen) atoms. The van der Waals surface area contributed by atoms with Crippen LogP contribution in [0.1, 0.15) is 30.9 Å². The first-order valence-corrected chi connectivity index (χ1v) is 6.08. The Kier molecular flexibility index (Phi) is 3.21. The summed E-state index contributed by atoms with van der Waals surface area (Å²) in [7, 11) is 0. The van der Waals surface area contributed by atoms with E-state index in [1.54, 1.807) is 12.1 Å². The molecule has 0 spiro atoms. The Labute approximate surface area is 111 Å². The summed E-state index contributed by atoms with van der Waals surface area (Å²) in [5.41, 5.74) is -0.368. The lowest BCUT2D eigenvalue weighted by atomic mass is 9.86. The van der Waals surface area contributed by atoms with E-state index in [0.717, 1.165) is 0 Å². The predicted octanol–water partition coefficient (Wildman–Crippen LogP) is 0.961. The summed E-state index contributed by atoms with van der Waals surface area (Å²) in [6.45, 7) is 3.72. The van der Waals surface area contributed by atoms with Gasteiger partial charge in [0.05, 0.1) is 11.6 Å². The van der Waals surface area contributed by atoms with Crippen molar-refractivity contribution in [2.75, 3.05) is 13.1 Å². The molecule has 1 aromatic rings. The first-order chi connectivity index (χ1) is 8.84. The summed E-state index contributed by atoms with van der Waals surface area (Å²) >= 11 is 0. The summed E-state index contributed by atoms with van der Waals surface area (Å²) in [4.78, 5) is 13.3. The van der Waals surface area contributed by atoms with Gasteiger partial charge in [0.1, 0.15) is 11.4 Å². The number of amides is 1. The Morgan fingerprint density at radius 1 is 1.47 bits per heavy atom. The molecule has 1 amide bonds. The molecule has 5 heteroatoms. The van der Waals surface area contributed by atoms with Crippen molar-refractivity contribution in [3.63, 3.8) is 0 Å². The van der Waals surface area contributed by atoms with Gasteiger partial charge in [-0.1, -0.05) is 6.07 Å². The number of carbonyl (C=O) groups is 1. The topological polar surface area (TPSA) is 84.6 Å². The largest absolute Gasteiger partial charge is 0.508 e. The Bertz CT molecular complexity index is 549. The summed E-state index contributed by atoms with van der Waals surface area (Å²) in [6.07, 6.45) is 0. The van der Waals surface area contributed by atoms with E-state index in [0.29, 0.717) is 24.2 Å². The van der Waals surface area contributed by atoms with Gasteiger partial charge in [0.25, 0.3) is 5.91 Å². The van der Waals surface area contributed by atoms with Crippen molar-refractivity contribution in [2.24, 2.45) is 0 Å². The normalized spacial score (nSPS) is 15.8. The molecule has 0 radical (unpaired) electrons. The highest BCUT2D eigenvalue weighted by atomic mass is 16.3. The smallest absolute Gasteiger partial charge is 0.253 e. The molecule has 5 nitrogen and oxygen atoms in total. The van der Waals surface area contributed by atoms with Gasteiger partial charge in [0.2, 0.25) is 0 Å². The monoisotopic (exact) mass is 260 g/mol. The number of phenols is 1. The van der Waals surface area contributed by atoms with Crippen molar-refractivity contribution in [1.82, 2.24) is 4.90 Å². The number of nitrogens with zero attached hydrogens (tertiary/aromatic N) is 2. The van der Waals surface area contributed by atoms with Gasteiger partial charge < -0.3 is 15.1 Å². The molecule has 1 heterocycles. The molecule has 2 N–H and O–H groups in total. The lowest BCUT2D eigenvalue weighted by molar-refractivity contribution is -0.152. The third-order valence-electron chi connectivity index (χ3n) is 3.30. The molecular weight excluding hydrogens is 244 g/mol. The van der Waals surface area contributed by atoms with Crippen molar-refractivity contribution < 1.29 is 15.0 Å². The maximum absolute atomic E-state index is 11.8. The molecule has 0 atom stereocenters. The molecule has 1 saturated heterocycles. The minimum absolute atomic E-state index is 0.0536. The van der Waals surface area contributed by atoms with Gasteiger partial charge in [-0.2, -0.15) is 5.26 Å². The highest BCUT2D eigenvalue weighted by molar-refractivity contribution is 5.85. The van der Waals surface area contributed by atoms with Gasteiger partial charge in [-0.15, -0.1) is 0 Å². The van der Waals surface area contributed by atoms with Crippen molar-refractivity contribution in [1.29, 1.82) is 5.26 Å². The third-order valence-corrected chi connectivity index (χ3v) is 3.30. The summed E-state index contributed by atoms with van der Waals surface area (Å²) in [5.74, 6) is -0.306. The maximum Gasteiger partial charge on any atom is 0.253 e. The number of nitriles is 1. The zero-order chi connectivity index (χ0) is 14.2. The molecule has 2 rings (SSSR count). The molecule has 0 unspecified atom stereocenters. The van der Waals surface area contributed by atoms with Crippen molar-refractivity contribution in [3.05, 3.63) is 29.3 Å². The third kappa shape index (κ3) is 2.40. The number of phenolic OH excluding ortho intramolecular Hbond substituents is 1. The van der Waals surface area contributed by atoms with Crippen LogP contribution in [0.15, 0.2) is 18.2 Å². The minimum atomic E-state index is -1.39. The highest BCUT2D eigenvalue weighted by Crippen LogP contribution is 2.36. The van der Waals surface area contributed by atoms with E-state index < -0.39 is 5.60 Å². The number of carbonyl (C=O) groups excluding carboxylic acids is 1. The fourth-order valence-electron chi connectivity index (χ4n) is 2.29. The molecule has 0 saturated carbocycles. The number of hydrogen-bond acceptors (Lipinski definition) is 4. The standard InChI is InChI=1S/C14H16N2O3/c1-14(2,19)13(18)16-7-10(8-16)12-9(6-15)4-3-5-11(12)17/h3-5,10,17,19H,7-8H2,1-2H3. The molecule has 1 aliphatic rings. The summed E-state index contributed by atoms with van der Waals surface area (Å²) in [5, 5.41) is 28.5. The average Bonchev–Trinajstić information content (AvgIpc) is 2.27. The fourth-order valence-corrected chi connectivity index (χ4v) is 2.29. The molecule has 0 aliphatic carbocycles. The zero-order valence-electron chi connectivity index (χ0n) is 10.9. The van der Waals surface area contributed by atoms with Gasteiger partial charge in [0, 0.05) is 24.6 Å². The van der Waals surface area contributed by atoms with E-state index in [1.165, 1.54) is 24.8 Å². The number of hydrogen-bond donors (Lipinski definition) is 2. The second kappa shape index (κ2) is 4.56. The van der Waals surface area contributed by atoms with E-state index >= 15 is 0 Å². The van der Waals surface area contributed by atoms with Gasteiger partial charge in [-0.3, -0.25) is 4.79 Å². The first kappa shape index (κ1) is 13.4. The van der Waals surface area contributed by atoms with Crippen molar-refractivity contribution >= 4 is 5.91 Å². The van der Waals surface area contributed by atoms with Gasteiger partial charge in [-0.25, -0.2) is 0 Å². The van der Waals surface area contributed by atoms with Crippen LogP contribution in [0.3, 0.4) is 0 Å². The quantitative estimate of drug-likeness (QED) is 0.829. The van der Waals surface area contributed by atoms with Crippen LogP contribution in [0.2, 0.25) is 0 Å². The van der Waals surface area contributed by atoms with E-state index in [9.17, 15) is 15.0 Å². The molecule has 0 bridgehead atoms. The number of rotatable bonds is 2. The van der Waals surface area contributed by atoms with Crippen LogP contribution in [0.5, 0.6) is 5.75 Å². The highest BCUT2D eigenvalue weighted by Gasteiger charge is 2.39. The summed E-state index contributed by atoms with van der Waals surface area (Å²) < 4.78 is 0. The maximum atomic E-state index is 11.8. The van der Waals surface area contributed by atoms with E-state index in [-0.39, 0.29) is 17.6 Å². The van der Waals surface area contributed by atoms with Crippen LogP contribution in [0.4, 0.5) is 0 Å². The molecule has 1 aromatic carbocycles. The second-order valence-corrected chi connectivity index (χ2v) is 5.32. The SMILES string of the molecule is CC(C)(O)C(=O)N1CC(c2c(O)cccc2C#N)C1. The van der Waals surface area contributed by atoms with Crippen molar-refractivity contribution in [2.45, 2.75) is 25.4 Å². The molecule has 1 fully saturated rings. The van der Waals surface area contributed by atoms with Crippen LogP contribution < -0.4 is 0 Å². The average molecular weight is 260 g/mol. The van der Waals surface area contributed by atoms with Gasteiger partial charge in [-0.05, 0) is 26.0 Å². The number of aromatic hydroxyl groups is 1. The van der Waals surface area contributed by atoms with Crippen LogP contribution >= 0.6 is 0 Å². The predicted molar refractivity (Wildman–Crippen MR) is 68.4 cm³/mol. The second-order valence-electron chi connectivity index (χ2n) is 5.32. The van der Waals surface area contributed by atoms with Crippen LogP contribution in [-0.4, -0.2) is 39.7 Å². The fraction of sp³-hybridized carbons (Fsp3) is 0.429. The Balaban J connectivity index is 2.14. The number of benzene rings is 1. The Morgan fingerprint density at radius 2 is 2.11 bits per heavy atom. The number of aliphatic hydroxyl groups is 1. The summed E-state index contributed by atoms with van der Waals surface area (Å²) in [6, 6.07) is 6.85. The minimum Gasteiger partial charge on any atom is -0.508 e. The molecule has 1 aliphatic heterocycles. The molecule has 100 valence electrons. The van der Waals surface area contributed by atoms with Gasteiger partial charge >= 0.3 is 0 Å². The van der Waals surface area contributed by atoms with Crippen molar-refractivity contribution in [3.8, 4) is 11.8 Å². The zero-order valence-corrected chi connectivity index (χ0v) is 10.9. The lowest BCUT2D eigenvalue weighted by Gasteiger charge is -2.42. The number of likely N-dealkylation sites (tertiary alicyclic amines) is 1. The van der Waals surface area contributed by atoms with E-state index in [4.69, 9.17) is 5.26 Å². The Morgan fingerprint density at radius 3 is 2.63 bits per heavy atom. The molecule has 0 aromatic heterocycles. The Hall–Kier alpha value is -2.06. The first-order valence-electron chi connectivity index (χ1n) is 6.08. The van der Waals surface area contributed by atoms with Gasteiger partial charge in [0.15, 0.2) is 0 Å². The van der Waals surface area contributed by atoms with Crippen LogP contribution in [0.25, 0.3) is 0 Å². The van der Waals surface area contributed by atoms with Crippen LogP contribution in [-0.2, 0) is 4.79 Å².